The lowest BCUT2D eigenvalue weighted by molar-refractivity contribution is -0.167. The molecule has 1 heterocycles. The fraction of sp³-hybridized carbons (Fsp3) is 0.654. The number of carboxylic acids is 1. The molecule has 1 N–H and O–H groups in total. The third-order valence-corrected chi connectivity index (χ3v) is 5.74. The van der Waals surface area contributed by atoms with Crippen molar-refractivity contribution in [3.63, 3.8) is 0 Å². The van der Waals surface area contributed by atoms with Crippen molar-refractivity contribution in [2.75, 3.05) is 20.3 Å². The second kappa shape index (κ2) is 12.2. The summed E-state index contributed by atoms with van der Waals surface area (Å²) in [6.07, 6.45) is 0.281. The molecule has 1 aliphatic heterocycles. The van der Waals surface area contributed by atoms with Crippen LogP contribution in [-0.4, -0.2) is 66.0 Å². The second-order valence-electron chi connectivity index (χ2n) is 10.3. The number of aliphatic carboxylic acids is 1. The van der Waals surface area contributed by atoms with Crippen LogP contribution in [0.25, 0.3) is 0 Å². The maximum Gasteiger partial charge on any atom is 0.410 e. The van der Waals surface area contributed by atoms with E-state index in [1.54, 1.807) is 20.8 Å². The number of carbonyl (C=O) groups is 3. The van der Waals surface area contributed by atoms with Gasteiger partial charge in [0.25, 0.3) is 0 Å². The van der Waals surface area contributed by atoms with E-state index in [-0.39, 0.29) is 12.3 Å². The molecule has 1 amide bonds. The summed E-state index contributed by atoms with van der Waals surface area (Å²) in [6, 6.07) is 6.82. The number of hydrogen-bond donors (Lipinski definition) is 1. The summed E-state index contributed by atoms with van der Waals surface area (Å²) in [5.41, 5.74) is 1.24. The third-order valence-electron chi connectivity index (χ3n) is 5.74. The molecule has 0 radical (unpaired) electrons. The predicted molar refractivity (Wildman–Crippen MR) is 128 cm³/mol. The first kappa shape index (κ1) is 27.6. The fourth-order valence-electron chi connectivity index (χ4n) is 3.89. The van der Waals surface area contributed by atoms with Crippen LogP contribution in [-0.2, 0) is 30.2 Å². The fourth-order valence-corrected chi connectivity index (χ4v) is 3.89. The maximum atomic E-state index is 13.0. The van der Waals surface area contributed by atoms with Gasteiger partial charge in [0.15, 0.2) is 0 Å². The Morgan fingerprint density at radius 2 is 1.71 bits per heavy atom. The predicted octanol–water partition coefficient (Wildman–Crippen LogP) is 4.40. The molecule has 8 heteroatoms. The van der Waals surface area contributed by atoms with Crippen LogP contribution in [0.4, 0.5) is 4.79 Å². The molecule has 0 bridgehead atoms. The van der Waals surface area contributed by atoms with Gasteiger partial charge in [-0.05, 0) is 63.0 Å². The van der Waals surface area contributed by atoms with Crippen LogP contribution in [0.15, 0.2) is 24.3 Å². The van der Waals surface area contributed by atoms with Gasteiger partial charge in [-0.15, -0.1) is 0 Å². The number of nitrogens with zero attached hydrogens (tertiary/aromatic N) is 1. The van der Waals surface area contributed by atoms with Crippen molar-refractivity contribution >= 4 is 18.0 Å². The molecular weight excluding hydrogens is 438 g/mol. The number of carbonyl (C=O) groups excluding carboxylic acids is 2. The second-order valence-corrected chi connectivity index (χ2v) is 10.3. The van der Waals surface area contributed by atoms with Crippen LogP contribution >= 0.6 is 0 Å². The molecule has 0 saturated carbocycles. The minimum Gasteiger partial charge on any atom is -0.478 e. The van der Waals surface area contributed by atoms with Crippen LogP contribution in [0.1, 0.15) is 70.9 Å². The van der Waals surface area contributed by atoms with E-state index in [0.29, 0.717) is 12.3 Å². The lowest BCUT2D eigenvalue weighted by Gasteiger charge is -2.31. The summed E-state index contributed by atoms with van der Waals surface area (Å²) >= 11 is 0. The molecule has 1 aromatic carbocycles. The number of carboxylic acid groups (broad SMARTS) is 1. The zero-order valence-electron chi connectivity index (χ0n) is 21.2. The van der Waals surface area contributed by atoms with Crippen molar-refractivity contribution in [1.29, 1.82) is 0 Å². The minimum absolute atomic E-state index is 0.0414. The number of likely N-dealkylation sites (N-methyl/N-ethyl adjacent to an activating group) is 1. The number of esters is 1. The average Bonchev–Trinajstić information content (AvgIpc) is 2.76. The van der Waals surface area contributed by atoms with E-state index in [0.717, 1.165) is 31.6 Å². The largest absolute Gasteiger partial charge is 0.478 e. The highest BCUT2D eigenvalue weighted by Gasteiger charge is 2.34. The molecule has 0 aliphatic carbocycles. The molecule has 8 nitrogen and oxygen atoms in total. The summed E-state index contributed by atoms with van der Waals surface area (Å²) in [4.78, 5) is 38.6. The van der Waals surface area contributed by atoms with Gasteiger partial charge in [0, 0.05) is 26.7 Å². The van der Waals surface area contributed by atoms with Crippen LogP contribution < -0.4 is 0 Å². The van der Waals surface area contributed by atoms with E-state index >= 15 is 0 Å². The van der Waals surface area contributed by atoms with E-state index in [2.05, 4.69) is 0 Å². The summed E-state index contributed by atoms with van der Waals surface area (Å²) in [5.74, 6) is -1.47. The molecule has 34 heavy (non-hydrogen) atoms. The van der Waals surface area contributed by atoms with Crippen molar-refractivity contribution in [3.05, 3.63) is 35.4 Å². The highest BCUT2D eigenvalue weighted by atomic mass is 16.6. The van der Waals surface area contributed by atoms with Crippen LogP contribution in [0.3, 0.4) is 0 Å². The maximum absolute atomic E-state index is 13.0. The molecule has 190 valence electrons. The Morgan fingerprint density at radius 1 is 1.12 bits per heavy atom. The van der Waals surface area contributed by atoms with Crippen LogP contribution in [0.2, 0.25) is 0 Å². The van der Waals surface area contributed by atoms with Gasteiger partial charge in [0.1, 0.15) is 11.6 Å². The highest BCUT2D eigenvalue weighted by Crippen LogP contribution is 2.27. The Bertz CT molecular complexity index is 823. The van der Waals surface area contributed by atoms with Gasteiger partial charge < -0.3 is 19.3 Å². The van der Waals surface area contributed by atoms with Gasteiger partial charge in [-0.2, -0.15) is 0 Å². The molecule has 1 fully saturated rings. The van der Waals surface area contributed by atoms with Crippen molar-refractivity contribution in [1.82, 2.24) is 4.90 Å². The molecule has 1 saturated heterocycles. The lowest BCUT2D eigenvalue weighted by atomic mass is 9.91. The average molecular weight is 478 g/mol. The van der Waals surface area contributed by atoms with Gasteiger partial charge in [-0.25, -0.2) is 14.4 Å². The first-order valence-electron chi connectivity index (χ1n) is 11.9. The number of benzene rings is 1. The smallest absolute Gasteiger partial charge is 0.410 e. The third kappa shape index (κ3) is 8.63. The van der Waals surface area contributed by atoms with Crippen molar-refractivity contribution in [2.24, 2.45) is 5.92 Å². The standard InChI is InChI=1S/C26H39NO7/c1-17(2)15-21(27(6)25(31)34-26(3,4)5)24(30)33-22(23(28)29)16-18-7-9-19(10-8-18)20-11-13-32-14-12-20/h7-10,17,20-22H,11-16H2,1-6H3,(H,28,29)/t21-,22+/m0/s1. The van der Waals surface area contributed by atoms with E-state index < -0.39 is 35.8 Å². The Kier molecular flexibility index (Phi) is 9.91. The molecule has 1 aromatic rings. The van der Waals surface area contributed by atoms with Gasteiger partial charge in [-0.3, -0.25) is 4.90 Å². The first-order chi connectivity index (χ1) is 15.9. The first-order valence-corrected chi connectivity index (χ1v) is 11.9. The van der Waals surface area contributed by atoms with Crippen molar-refractivity contribution in [2.45, 2.75) is 84.0 Å². The zero-order chi connectivity index (χ0) is 25.5. The van der Waals surface area contributed by atoms with Crippen LogP contribution in [0, 0.1) is 5.92 Å². The highest BCUT2D eigenvalue weighted by molar-refractivity contribution is 5.84. The van der Waals surface area contributed by atoms with Gasteiger partial charge in [0.05, 0.1) is 0 Å². The molecule has 0 unspecified atom stereocenters. The summed E-state index contributed by atoms with van der Waals surface area (Å²) < 4.78 is 16.2. The monoisotopic (exact) mass is 477 g/mol. The molecule has 0 spiro atoms. The molecular formula is C26H39NO7. The SMILES string of the molecule is CC(C)C[C@@H](C(=O)O[C@H](Cc1ccc(C2CCOCC2)cc1)C(=O)O)N(C)C(=O)OC(C)(C)C. The molecule has 2 atom stereocenters. The normalized spacial score (nSPS) is 16.6. The summed E-state index contributed by atoms with van der Waals surface area (Å²) in [5, 5.41) is 9.71. The van der Waals surface area contributed by atoms with Crippen molar-refractivity contribution in [3.8, 4) is 0 Å². The van der Waals surface area contributed by atoms with Crippen LogP contribution in [0.5, 0.6) is 0 Å². The number of hydrogen-bond acceptors (Lipinski definition) is 6. The number of ether oxygens (including phenoxy) is 3. The Morgan fingerprint density at radius 3 is 2.21 bits per heavy atom. The van der Waals surface area contributed by atoms with Crippen molar-refractivity contribution < 1.29 is 33.7 Å². The van der Waals surface area contributed by atoms with Gasteiger partial charge >= 0.3 is 18.0 Å². The van der Waals surface area contributed by atoms with Gasteiger partial charge in [-0.1, -0.05) is 38.1 Å². The van der Waals surface area contributed by atoms with Gasteiger partial charge in [0.2, 0.25) is 6.10 Å². The Hall–Kier alpha value is -2.61. The Balaban J connectivity index is 2.09. The van der Waals surface area contributed by atoms with E-state index in [9.17, 15) is 19.5 Å². The topological polar surface area (TPSA) is 102 Å². The quantitative estimate of drug-likeness (QED) is 0.526. The number of amides is 1. The van der Waals surface area contributed by atoms with E-state index in [4.69, 9.17) is 14.2 Å². The number of rotatable bonds is 9. The summed E-state index contributed by atoms with van der Waals surface area (Å²) in [6.45, 7) is 10.5. The molecule has 0 aromatic heterocycles. The minimum atomic E-state index is -1.36. The lowest BCUT2D eigenvalue weighted by Crippen LogP contribution is -2.47. The van der Waals surface area contributed by atoms with E-state index in [1.165, 1.54) is 17.5 Å². The van der Waals surface area contributed by atoms with E-state index in [1.807, 2.05) is 38.1 Å². The zero-order valence-corrected chi connectivity index (χ0v) is 21.2. The Labute approximate surface area is 202 Å². The summed E-state index contributed by atoms with van der Waals surface area (Å²) in [7, 11) is 1.47. The molecule has 1 aliphatic rings. The molecule has 2 rings (SSSR count).